The molecule has 1 unspecified atom stereocenters. The largest absolute Gasteiger partial charge is 0.335 e. The van der Waals surface area contributed by atoms with Gasteiger partial charge in [-0.1, -0.05) is 29.3 Å². The number of anilines is 1. The van der Waals surface area contributed by atoms with Crippen molar-refractivity contribution in [2.24, 2.45) is 5.92 Å². The molecule has 1 aliphatic heterocycles. The number of carbonyl (C=O) groups is 3. The Morgan fingerprint density at radius 2 is 1.84 bits per heavy atom. The zero-order valence-electron chi connectivity index (χ0n) is 10.4. The zero-order valence-corrected chi connectivity index (χ0v) is 11.9. The molecule has 0 saturated carbocycles. The van der Waals surface area contributed by atoms with E-state index in [-0.39, 0.29) is 0 Å². The van der Waals surface area contributed by atoms with E-state index in [0.29, 0.717) is 18.5 Å². The average molecular weight is 325 g/mol. The number of nitrogens with zero attached hydrogens (tertiary/aromatic N) is 1. The van der Waals surface area contributed by atoms with Crippen LogP contribution in [0.5, 0.6) is 0 Å². The quantitative estimate of drug-likeness (QED) is 0.868. The third-order valence-corrected chi connectivity index (χ3v) is 3.46. The maximum absolute atomic E-state index is 12.3. The van der Waals surface area contributed by atoms with Crippen LogP contribution in [0.3, 0.4) is 0 Å². The lowest BCUT2D eigenvalue weighted by Crippen LogP contribution is -2.58. The summed E-state index contributed by atoms with van der Waals surface area (Å²) in [5.41, 5.74) is 0.458. The predicted molar refractivity (Wildman–Crippen MR) is 73.6 cm³/mol. The van der Waals surface area contributed by atoms with Crippen molar-refractivity contribution in [3.8, 4) is 0 Å². The van der Waals surface area contributed by atoms with Crippen molar-refractivity contribution in [3.05, 3.63) is 28.7 Å². The molecule has 1 aromatic carbocycles. The summed E-state index contributed by atoms with van der Waals surface area (Å²) in [6.45, 7) is 1.89. The fourth-order valence-electron chi connectivity index (χ4n) is 1.99. The molecule has 6 heteroatoms. The molecule has 1 atom stereocenters. The topological polar surface area (TPSA) is 66.5 Å². The van der Waals surface area contributed by atoms with Gasteiger partial charge >= 0.3 is 6.03 Å². The van der Waals surface area contributed by atoms with Gasteiger partial charge in [-0.2, -0.15) is 0 Å². The summed E-state index contributed by atoms with van der Waals surface area (Å²) < 4.78 is 0.849. The number of hydrogen-bond donors (Lipinski definition) is 1. The first-order valence-corrected chi connectivity index (χ1v) is 6.78. The number of nitrogens with one attached hydrogen (secondary N) is 1. The van der Waals surface area contributed by atoms with Gasteiger partial charge < -0.3 is 0 Å². The Labute approximate surface area is 119 Å². The molecule has 2 rings (SSSR count). The van der Waals surface area contributed by atoms with Crippen LogP contribution in [0.4, 0.5) is 10.5 Å². The Morgan fingerprint density at radius 1 is 1.21 bits per heavy atom. The van der Waals surface area contributed by atoms with E-state index in [4.69, 9.17) is 0 Å². The van der Waals surface area contributed by atoms with Crippen LogP contribution in [-0.4, -0.2) is 17.8 Å². The van der Waals surface area contributed by atoms with E-state index in [2.05, 4.69) is 21.2 Å². The van der Waals surface area contributed by atoms with Gasteiger partial charge in [0.25, 0.3) is 0 Å². The molecule has 0 aromatic heterocycles. The lowest BCUT2D eigenvalue weighted by atomic mass is 9.99. The maximum Gasteiger partial charge on any atom is 0.335 e. The molecular weight excluding hydrogens is 312 g/mol. The van der Waals surface area contributed by atoms with Crippen LogP contribution >= 0.6 is 15.9 Å². The predicted octanol–water partition coefficient (Wildman–Crippen LogP) is 2.45. The number of barbiturate groups is 1. The van der Waals surface area contributed by atoms with Crippen LogP contribution in [0.25, 0.3) is 0 Å². The first-order valence-electron chi connectivity index (χ1n) is 5.99. The summed E-state index contributed by atoms with van der Waals surface area (Å²) >= 11 is 3.29. The molecule has 5 nitrogen and oxygen atoms in total. The Hall–Kier alpha value is -1.69. The molecule has 0 bridgehead atoms. The Balaban J connectivity index is 2.33. The van der Waals surface area contributed by atoms with Crippen molar-refractivity contribution in [2.45, 2.75) is 19.8 Å². The lowest BCUT2D eigenvalue weighted by Gasteiger charge is -2.30. The molecule has 4 amide bonds. The van der Waals surface area contributed by atoms with E-state index >= 15 is 0 Å². The second-order valence-electron chi connectivity index (χ2n) is 4.29. The van der Waals surface area contributed by atoms with Gasteiger partial charge in [0.1, 0.15) is 5.92 Å². The van der Waals surface area contributed by atoms with E-state index in [0.717, 1.165) is 9.37 Å². The van der Waals surface area contributed by atoms with Crippen LogP contribution < -0.4 is 10.2 Å². The van der Waals surface area contributed by atoms with Crippen molar-refractivity contribution < 1.29 is 14.4 Å². The van der Waals surface area contributed by atoms with Crippen LogP contribution in [-0.2, 0) is 9.59 Å². The third kappa shape index (κ3) is 2.68. The minimum atomic E-state index is -0.786. The molecule has 1 fully saturated rings. The highest BCUT2D eigenvalue weighted by Crippen LogP contribution is 2.24. The normalized spacial score (nSPS) is 19.6. The molecule has 1 aliphatic rings. The number of halogens is 1. The third-order valence-electron chi connectivity index (χ3n) is 2.93. The fourth-order valence-corrected chi connectivity index (χ4v) is 2.26. The van der Waals surface area contributed by atoms with Crippen LogP contribution in [0.15, 0.2) is 28.7 Å². The summed E-state index contributed by atoms with van der Waals surface area (Å²) in [5, 5.41) is 2.22. The number of urea groups is 1. The number of rotatable bonds is 3. The Kier molecular flexibility index (Phi) is 3.99. The first kappa shape index (κ1) is 13.7. The summed E-state index contributed by atoms with van der Waals surface area (Å²) in [7, 11) is 0. The fraction of sp³-hybridized carbons (Fsp3) is 0.308. The Morgan fingerprint density at radius 3 is 2.42 bits per heavy atom. The highest BCUT2D eigenvalue weighted by Gasteiger charge is 2.40. The second kappa shape index (κ2) is 5.52. The Bertz CT molecular complexity index is 527. The van der Waals surface area contributed by atoms with Crippen molar-refractivity contribution in [3.63, 3.8) is 0 Å². The van der Waals surface area contributed by atoms with E-state index < -0.39 is 23.8 Å². The van der Waals surface area contributed by atoms with Gasteiger partial charge in [0.15, 0.2) is 0 Å². The van der Waals surface area contributed by atoms with Crippen LogP contribution in [0.1, 0.15) is 19.8 Å². The van der Waals surface area contributed by atoms with Gasteiger partial charge in [-0.15, -0.1) is 0 Å². The summed E-state index contributed by atoms with van der Waals surface area (Å²) in [6.07, 6.45) is 1.14. The number of imide groups is 2. The lowest BCUT2D eigenvalue weighted by molar-refractivity contribution is -0.134. The zero-order chi connectivity index (χ0) is 14.0. The smallest absolute Gasteiger partial charge is 0.277 e. The second-order valence-corrected chi connectivity index (χ2v) is 5.20. The van der Waals surface area contributed by atoms with Crippen molar-refractivity contribution >= 4 is 39.5 Å². The minimum absolute atomic E-state index is 0.435. The highest BCUT2D eigenvalue weighted by molar-refractivity contribution is 9.10. The molecule has 100 valence electrons. The van der Waals surface area contributed by atoms with Crippen LogP contribution in [0, 0.1) is 5.92 Å². The van der Waals surface area contributed by atoms with E-state index in [1.54, 1.807) is 24.3 Å². The van der Waals surface area contributed by atoms with Crippen molar-refractivity contribution in [2.75, 3.05) is 4.90 Å². The molecule has 1 aromatic rings. The first-order chi connectivity index (χ1) is 9.04. The van der Waals surface area contributed by atoms with E-state index in [9.17, 15) is 14.4 Å². The average Bonchev–Trinajstić information content (AvgIpc) is 2.36. The monoisotopic (exact) mass is 324 g/mol. The SMILES string of the molecule is CCCC1C(=O)NC(=O)N(c2ccc(Br)cc2)C1=O. The van der Waals surface area contributed by atoms with E-state index in [1.807, 2.05) is 6.92 Å². The number of carbonyl (C=O) groups excluding carboxylic acids is 3. The van der Waals surface area contributed by atoms with Crippen LogP contribution in [0.2, 0.25) is 0 Å². The molecule has 19 heavy (non-hydrogen) atoms. The molecule has 0 aliphatic carbocycles. The molecule has 1 N–H and O–H groups in total. The van der Waals surface area contributed by atoms with Gasteiger partial charge in [0.2, 0.25) is 11.8 Å². The van der Waals surface area contributed by atoms with Gasteiger partial charge in [0, 0.05) is 4.47 Å². The molecule has 1 saturated heterocycles. The van der Waals surface area contributed by atoms with Gasteiger partial charge in [-0.3, -0.25) is 14.9 Å². The molecule has 0 radical (unpaired) electrons. The molecular formula is C13H13BrN2O3. The number of hydrogen-bond acceptors (Lipinski definition) is 3. The minimum Gasteiger partial charge on any atom is -0.277 e. The number of benzene rings is 1. The van der Waals surface area contributed by atoms with Gasteiger partial charge in [0.05, 0.1) is 5.69 Å². The highest BCUT2D eigenvalue weighted by atomic mass is 79.9. The summed E-state index contributed by atoms with van der Waals surface area (Å²) in [5.74, 6) is -1.76. The standard InChI is InChI=1S/C13H13BrN2O3/c1-2-3-10-11(17)15-13(19)16(12(10)18)9-6-4-8(14)5-7-9/h4-7,10H,2-3H2,1H3,(H,15,17,19). The van der Waals surface area contributed by atoms with Crippen molar-refractivity contribution in [1.29, 1.82) is 0 Å². The maximum atomic E-state index is 12.3. The summed E-state index contributed by atoms with van der Waals surface area (Å²) in [6, 6.07) is 6.09. The van der Waals surface area contributed by atoms with Crippen molar-refractivity contribution in [1.82, 2.24) is 5.32 Å². The summed E-state index contributed by atoms with van der Waals surface area (Å²) in [4.78, 5) is 36.7. The molecule has 0 spiro atoms. The molecule has 1 heterocycles. The van der Waals surface area contributed by atoms with E-state index in [1.165, 1.54) is 0 Å². The van der Waals surface area contributed by atoms with Gasteiger partial charge in [-0.05, 0) is 30.7 Å². The number of amides is 4. The van der Waals surface area contributed by atoms with Gasteiger partial charge in [-0.25, -0.2) is 9.69 Å².